The Hall–Kier alpha value is -1.59. The van der Waals surface area contributed by atoms with Gasteiger partial charge in [0.2, 0.25) is 5.79 Å². The van der Waals surface area contributed by atoms with E-state index in [-0.39, 0.29) is 5.02 Å². The molecule has 0 radical (unpaired) electrons. The molecule has 6 heteroatoms. The second kappa shape index (κ2) is 3.77. The minimum absolute atomic E-state index is 0.00699. The zero-order chi connectivity index (χ0) is 11.8. The molecule has 0 amide bonds. The SMILES string of the molecule is NC1=NC(N)(c2ccc(F)c(Cl)c2)NC=C1. The molecule has 84 valence electrons. The quantitative estimate of drug-likeness (QED) is 0.686. The lowest BCUT2D eigenvalue weighted by atomic mass is 10.1. The summed E-state index contributed by atoms with van der Waals surface area (Å²) in [5.74, 6) is -1.41. The van der Waals surface area contributed by atoms with Gasteiger partial charge in [0.25, 0.3) is 0 Å². The van der Waals surface area contributed by atoms with Gasteiger partial charge < -0.3 is 11.1 Å². The molecule has 1 atom stereocenters. The van der Waals surface area contributed by atoms with E-state index in [4.69, 9.17) is 23.1 Å². The fourth-order valence-electron chi connectivity index (χ4n) is 1.41. The van der Waals surface area contributed by atoms with Gasteiger partial charge in [-0.1, -0.05) is 17.7 Å². The van der Waals surface area contributed by atoms with Crippen LogP contribution in [0.25, 0.3) is 0 Å². The smallest absolute Gasteiger partial charge is 0.211 e. The maximum atomic E-state index is 13.0. The fraction of sp³-hybridized carbons (Fsp3) is 0.100. The maximum absolute atomic E-state index is 13.0. The first-order valence-corrected chi connectivity index (χ1v) is 4.93. The van der Waals surface area contributed by atoms with Crippen molar-refractivity contribution >= 4 is 17.4 Å². The lowest BCUT2D eigenvalue weighted by Crippen LogP contribution is -2.49. The van der Waals surface area contributed by atoms with Gasteiger partial charge in [-0.15, -0.1) is 0 Å². The number of halogens is 2. The molecule has 1 heterocycles. The van der Waals surface area contributed by atoms with Gasteiger partial charge in [-0.2, -0.15) is 0 Å². The third kappa shape index (κ3) is 1.87. The van der Waals surface area contributed by atoms with Crippen LogP contribution in [0.5, 0.6) is 0 Å². The number of benzene rings is 1. The molecule has 0 saturated heterocycles. The molecule has 0 fully saturated rings. The molecular weight excluding hydrogens is 231 g/mol. The highest BCUT2D eigenvalue weighted by Gasteiger charge is 2.27. The Kier molecular flexibility index (Phi) is 2.57. The van der Waals surface area contributed by atoms with E-state index in [1.54, 1.807) is 12.3 Å². The average Bonchev–Trinajstić information content (AvgIpc) is 2.21. The van der Waals surface area contributed by atoms with Crippen molar-refractivity contribution in [1.82, 2.24) is 5.32 Å². The van der Waals surface area contributed by atoms with Crippen LogP contribution in [0.2, 0.25) is 5.02 Å². The van der Waals surface area contributed by atoms with Crippen molar-refractivity contribution in [2.75, 3.05) is 0 Å². The minimum atomic E-state index is -1.20. The van der Waals surface area contributed by atoms with Crippen molar-refractivity contribution in [3.05, 3.63) is 46.9 Å². The van der Waals surface area contributed by atoms with Gasteiger partial charge in [0.15, 0.2) is 0 Å². The zero-order valence-corrected chi connectivity index (χ0v) is 9.00. The number of nitrogens with two attached hydrogens (primary N) is 2. The van der Waals surface area contributed by atoms with Crippen LogP contribution in [0.15, 0.2) is 35.5 Å². The minimum Gasteiger partial charge on any atom is -0.384 e. The maximum Gasteiger partial charge on any atom is 0.211 e. The van der Waals surface area contributed by atoms with Crippen LogP contribution in [0.1, 0.15) is 5.56 Å². The second-order valence-corrected chi connectivity index (χ2v) is 3.82. The number of amidine groups is 1. The summed E-state index contributed by atoms with van der Waals surface area (Å²) in [7, 11) is 0. The number of hydrogen-bond donors (Lipinski definition) is 3. The van der Waals surface area contributed by atoms with E-state index in [1.165, 1.54) is 18.2 Å². The molecule has 1 aromatic carbocycles. The first-order valence-electron chi connectivity index (χ1n) is 4.55. The Labute approximate surface area is 96.8 Å². The van der Waals surface area contributed by atoms with Crippen LogP contribution in [0.4, 0.5) is 4.39 Å². The van der Waals surface area contributed by atoms with Crippen LogP contribution >= 0.6 is 11.6 Å². The Morgan fingerprint density at radius 3 is 2.81 bits per heavy atom. The number of nitrogens with one attached hydrogen (secondary N) is 1. The predicted molar refractivity (Wildman–Crippen MR) is 61.2 cm³/mol. The van der Waals surface area contributed by atoms with E-state index in [2.05, 4.69) is 10.3 Å². The lowest BCUT2D eigenvalue weighted by Gasteiger charge is -2.28. The van der Waals surface area contributed by atoms with Gasteiger partial charge in [0.05, 0.1) is 5.02 Å². The summed E-state index contributed by atoms with van der Waals surface area (Å²) in [6, 6.07) is 4.15. The molecule has 1 aromatic rings. The van der Waals surface area contributed by atoms with Crippen molar-refractivity contribution in [3.8, 4) is 0 Å². The van der Waals surface area contributed by atoms with Crippen molar-refractivity contribution in [2.45, 2.75) is 5.79 Å². The van der Waals surface area contributed by atoms with Crippen molar-refractivity contribution in [2.24, 2.45) is 16.5 Å². The normalized spacial score (nSPS) is 23.8. The molecular formula is C10H10ClFN4. The van der Waals surface area contributed by atoms with Crippen LogP contribution in [0.3, 0.4) is 0 Å². The molecule has 0 aliphatic carbocycles. The predicted octanol–water partition coefficient (Wildman–Crippen LogP) is 1.02. The van der Waals surface area contributed by atoms with Crippen molar-refractivity contribution in [1.29, 1.82) is 0 Å². The average molecular weight is 241 g/mol. The summed E-state index contributed by atoms with van der Waals surface area (Å²) in [6.45, 7) is 0. The van der Waals surface area contributed by atoms with E-state index >= 15 is 0 Å². The van der Waals surface area contributed by atoms with E-state index in [9.17, 15) is 4.39 Å². The molecule has 16 heavy (non-hydrogen) atoms. The Morgan fingerprint density at radius 1 is 1.44 bits per heavy atom. The molecule has 0 saturated carbocycles. The number of rotatable bonds is 1. The third-order valence-corrected chi connectivity index (χ3v) is 2.51. The van der Waals surface area contributed by atoms with Gasteiger partial charge in [0.1, 0.15) is 11.7 Å². The van der Waals surface area contributed by atoms with Crippen LogP contribution in [-0.4, -0.2) is 5.84 Å². The number of aliphatic imine (C=N–C) groups is 1. The largest absolute Gasteiger partial charge is 0.384 e. The van der Waals surface area contributed by atoms with E-state index in [0.717, 1.165) is 0 Å². The van der Waals surface area contributed by atoms with Crippen LogP contribution < -0.4 is 16.8 Å². The summed E-state index contributed by atoms with van der Waals surface area (Å²) in [5.41, 5.74) is 12.1. The summed E-state index contributed by atoms with van der Waals surface area (Å²) < 4.78 is 13.0. The van der Waals surface area contributed by atoms with E-state index in [0.29, 0.717) is 11.4 Å². The van der Waals surface area contributed by atoms with E-state index < -0.39 is 11.6 Å². The highest BCUT2D eigenvalue weighted by molar-refractivity contribution is 6.30. The van der Waals surface area contributed by atoms with Gasteiger partial charge in [-0.05, 0) is 18.2 Å². The first kappa shape index (κ1) is 10.9. The Balaban J connectivity index is 2.44. The lowest BCUT2D eigenvalue weighted by molar-refractivity contribution is 0.409. The zero-order valence-electron chi connectivity index (χ0n) is 8.24. The van der Waals surface area contributed by atoms with Gasteiger partial charge in [-0.3, -0.25) is 5.73 Å². The Bertz CT molecular complexity index is 486. The van der Waals surface area contributed by atoms with Gasteiger partial charge >= 0.3 is 0 Å². The highest BCUT2D eigenvalue weighted by Crippen LogP contribution is 2.24. The molecule has 0 aromatic heterocycles. The van der Waals surface area contributed by atoms with E-state index in [1.807, 2.05) is 0 Å². The summed E-state index contributed by atoms with van der Waals surface area (Å²) in [6.07, 6.45) is 3.16. The molecule has 1 unspecified atom stereocenters. The van der Waals surface area contributed by atoms with Crippen LogP contribution in [0, 0.1) is 5.82 Å². The highest BCUT2D eigenvalue weighted by atomic mass is 35.5. The fourth-order valence-corrected chi connectivity index (χ4v) is 1.59. The number of hydrogen-bond acceptors (Lipinski definition) is 4. The molecule has 5 N–H and O–H groups in total. The molecule has 4 nitrogen and oxygen atoms in total. The first-order chi connectivity index (χ1) is 7.51. The van der Waals surface area contributed by atoms with Crippen molar-refractivity contribution < 1.29 is 4.39 Å². The topological polar surface area (TPSA) is 76.4 Å². The summed E-state index contributed by atoms with van der Waals surface area (Å²) in [4.78, 5) is 4.05. The molecule has 1 aliphatic rings. The van der Waals surface area contributed by atoms with Crippen molar-refractivity contribution in [3.63, 3.8) is 0 Å². The Morgan fingerprint density at radius 2 is 2.19 bits per heavy atom. The van der Waals surface area contributed by atoms with Gasteiger partial charge in [0, 0.05) is 11.8 Å². The van der Waals surface area contributed by atoms with Crippen LogP contribution in [-0.2, 0) is 5.79 Å². The molecule has 2 rings (SSSR count). The monoisotopic (exact) mass is 240 g/mol. The van der Waals surface area contributed by atoms with Gasteiger partial charge in [-0.25, -0.2) is 9.38 Å². The summed E-state index contributed by atoms with van der Waals surface area (Å²) >= 11 is 5.68. The second-order valence-electron chi connectivity index (χ2n) is 3.41. The molecule has 1 aliphatic heterocycles. The summed E-state index contributed by atoms with van der Waals surface area (Å²) in [5, 5.41) is 2.83. The molecule has 0 bridgehead atoms. The third-order valence-electron chi connectivity index (χ3n) is 2.22. The number of nitrogens with zero attached hydrogens (tertiary/aromatic N) is 1. The molecule has 0 spiro atoms. The standard InChI is InChI=1S/C10H10ClFN4/c11-7-5-6(1-2-8(7)12)10(14)15-4-3-9(13)16-10/h1-5,15H,14H2,(H2,13,16).